The molecule has 1 aliphatic rings. The summed E-state index contributed by atoms with van der Waals surface area (Å²) in [5, 5.41) is 9.05. The monoisotopic (exact) mass is 234 g/mol. The van der Waals surface area contributed by atoms with E-state index in [1.54, 1.807) is 12.4 Å². The van der Waals surface area contributed by atoms with Crippen molar-refractivity contribution >= 4 is 5.97 Å². The van der Waals surface area contributed by atoms with Crippen molar-refractivity contribution < 1.29 is 9.90 Å². The summed E-state index contributed by atoms with van der Waals surface area (Å²) in [5.41, 5.74) is 2.18. The van der Waals surface area contributed by atoms with Crippen LogP contribution in [0, 0.1) is 6.92 Å². The van der Waals surface area contributed by atoms with E-state index >= 15 is 0 Å². The molecule has 1 saturated heterocycles. The average molecular weight is 234 g/mol. The lowest BCUT2D eigenvalue weighted by Gasteiger charge is -2.27. The maximum absolute atomic E-state index is 11.0. The third-order valence-corrected chi connectivity index (χ3v) is 3.39. The van der Waals surface area contributed by atoms with E-state index in [9.17, 15) is 4.79 Å². The van der Waals surface area contributed by atoms with E-state index in [-0.39, 0.29) is 12.5 Å². The van der Waals surface area contributed by atoms with Crippen LogP contribution in [0.15, 0.2) is 18.5 Å². The van der Waals surface area contributed by atoms with Gasteiger partial charge in [0.2, 0.25) is 0 Å². The zero-order valence-electron chi connectivity index (χ0n) is 10.1. The van der Waals surface area contributed by atoms with Gasteiger partial charge in [-0.25, -0.2) is 0 Å². The fourth-order valence-electron chi connectivity index (χ4n) is 2.48. The highest BCUT2D eigenvalue weighted by atomic mass is 16.4. The van der Waals surface area contributed by atoms with Crippen LogP contribution in [0.4, 0.5) is 0 Å². The highest BCUT2D eigenvalue weighted by molar-refractivity contribution is 5.68. The Kier molecular flexibility index (Phi) is 3.74. The first-order chi connectivity index (χ1) is 8.18. The van der Waals surface area contributed by atoms with E-state index in [0.717, 1.165) is 37.1 Å². The topological polar surface area (TPSA) is 53.4 Å². The molecule has 1 aromatic rings. The van der Waals surface area contributed by atoms with Gasteiger partial charge in [-0.1, -0.05) is 0 Å². The van der Waals surface area contributed by atoms with Crippen molar-refractivity contribution in [1.82, 2.24) is 9.88 Å². The second-order valence-electron chi connectivity index (χ2n) is 4.59. The van der Waals surface area contributed by atoms with E-state index in [0.29, 0.717) is 0 Å². The molecule has 92 valence electrons. The second kappa shape index (κ2) is 5.27. The van der Waals surface area contributed by atoms with Gasteiger partial charge in [0, 0.05) is 18.4 Å². The minimum Gasteiger partial charge on any atom is -0.481 e. The Morgan fingerprint density at radius 1 is 1.53 bits per heavy atom. The molecular formula is C13H18N2O2. The summed E-state index contributed by atoms with van der Waals surface area (Å²) >= 11 is 0. The highest BCUT2D eigenvalue weighted by Crippen LogP contribution is 2.29. The minimum atomic E-state index is -0.745. The fraction of sp³-hybridized carbons (Fsp3) is 0.538. The molecule has 2 rings (SSSR count). The Hall–Kier alpha value is -1.42. The van der Waals surface area contributed by atoms with Gasteiger partial charge < -0.3 is 5.11 Å². The molecule has 17 heavy (non-hydrogen) atoms. The van der Waals surface area contributed by atoms with Crippen molar-refractivity contribution in [3.63, 3.8) is 0 Å². The number of hydrogen-bond donors (Lipinski definition) is 1. The number of carbonyl (C=O) groups is 1. The summed E-state index contributed by atoms with van der Waals surface area (Å²) in [4.78, 5) is 17.4. The smallest absolute Gasteiger partial charge is 0.305 e. The third kappa shape index (κ3) is 2.82. The van der Waals surface area contributed by atoms with Crippen LogP contribution in [0.1, 0.15) is 36.4 Å². The molecule has 4 nitrogen and oxygen atoms in total. The summed E-state index contributed by atoms with van der Waals surface area (Å²) in [7, 11) is 0. The molecule has 0 aromatic carbocycles. The van der Waals surface area contributed by atoms with Gasteiger partial charge in [-0.05, 0) is 50.0 Å². The second-order valence-corrected chi connectivity index (χ2v) is 4.59. The van der Waals surface area contributed by atoms with Crippen LogP contribution in [-0.4, -0.2) is 34.0 Å². The number of aryl methyl sites for hydroxylation is 1. The van der Waals surface area contributed by atoms with E-state index in [1.807, 2.05) is 13.0 Å². The standard InChI is InChI=1S/C13H18N2O2/c1-10-4-5-14-9-11(10)12(8-13(16)17)15-6-2-3-7-15/h4-5,9,12H,2-3,6-8H2,1H3,(H,16,17). The molecule has 2 heterocycles. The number of carboxylic acid groups (broad SMARTS) is 1. The molecular weight excluding hydrogens is 216 g/mol. The Morgan fingerprint density at radius 2 is 2.24 bits per heavy atom. The van der Waals surface area contributed by atoms with Crippen molar-refractivity contribution in [2.75, 3.05) is 13.1 Å². The van der Waals surface area contributed by atoms with Gasteiger partial charge >= 0.3 is 5.97 Å². The van der Waals surface area contributed by atoms with E-state index < -0.39 is 5.97 Å². The summed E-state index contributed by atoms with van der Waals surface area (Å²) < 4.78 is 0. The van der Waals surface area contributed by atoms with Gasteiger partial charge in [-0.3, -0.25) is 14.7 Å². The first-order valence-corrected chi connectivity index (χ1v) is 6.05. The Balaban J connectivity index is 2.25. The largest absolute Gasteiger partial charge is 0.481 e. The van der Waals surface area contributed by atoms with Crippen LogP contribution in [0.5, 0.6) is 0 Å². The van der Waals surface area contributed by atoms with Gasteiger partial charge in [-0.2, -0.15) is 0 Å². The summed E-state index contributed by atoms with van der Waals surface area (Å²) in [6, 6.07) is 1.92. The zero-order valence-corrected chi connectivity index (χ0v) is 10.1. The lowest BCUT2D eigenvalue weighted by molar-refractivity contribution is -0.138. The van der Waals surface area contributed by atoms with E-state index in [1.165, 1.54) is 0 Å². The molecule has 1 aromatic heterocycles. The van der Waals surface area contributed by atoms with Gasteiger partial charge in [0.05, 0.1) is 6.42 Å². The molecule has 1 unspecified atom stereocenters. The number of pyridine rings is 1. The lowest BCUT2D eigenvalue weighted by Crippen LogP contribution is -2.28. The molecule has 4 heteroatoms. The van der Waals surface area contributed by atoms with E-state index in [2.05, 4.69) is 9.88 Å². The molecule has 1 fully saturated rings. The summed E-state index contributed by atoms with van der Waals surface area (Å²) in [6.07, 6.45) is 6.04. The van der Waals surface area contributed by atoms with Gasteiger partial charge in [0.25, 0.3) is 0 Å². The summed E-state index contributed by atoms with van der Waals surface area (Å²) in [6.45, 7) is 4.00. The third-order valence-electron chi connectivity index (χ3n) is 3.39. The molecule has 1 N–H and O–H groups in total. The Labute approximate surface area is 101 Å². The van der Waals surface area contributed by atoms with Crippen LogP contribution >= 0.6 is 0 Å². The zero-order chi connectivity index (χ0) is 12.3. The number of likely N-dealkylation sites (tertiary alicyclic amines) is 1. The summed E-state index contributed by atoms with van der Waals surface area (Å²) in [5.74, 6) is -0.745. The molecule has 0 radical (unpaired) electrons. The van der Waals surface area contributed by atoms with Crippen molar-refractivity contribution in [3.05, 3.63) is 29.6 Å². The van der Waals surface area contributed by atoms with Crippen LogP contribution in [0.3, 0.4) is 0 Å². The number of nitrogens with zero attached hydrogens (tertiary/aromatic N) is 2. The average Bonchev–Trinajstić information content (AvgIpc) is 2.80. The van der Waals surface area contributed by atoms with Gasteiger partial charge in [-0.15, -0.1) is 0 Å². The van der Waals surface area contributed by atoms with Crippen LogP contribution < -0.4 is 0 Å². The molecule has 1 aliphatic heterocycles. The van der Waals surface area contributed by atoms with Crippen molar-refractivity contribution in [1.29, 1.82) is 0 Å². The van der Waals surface area contributed by atoms with Gasteiger partial charge in [0.15, 0.2) is 0 Å². The number of aliphatic carboxylic acids is 1. The first kappa shape index (κ1) is 12.0. The fourth-order valence-corrected chi connectivity index (χ4v) is 2.48. The molecule has 0 saturated carbocycles. The predicted octanol–water partition coefficient (Wildman–Crippen LogP) is 2.00. The number of hydrogen-bond acceptors (Lipinski definition) is 3. The Morgan fingerprint density at radius 3 is 2.82 bits per heavy atom. The predicted molar refractivity (Wildman–Crippen MR) is 64.8 cm³/mol. The first-order valence-electron chi connectivity index (χ1n) is 6.05. The van der Waals surface area contributed by atoms with Crippen molar-refractivity contribution in [2.45, 2.75) is 32.2 Å². The van der Waals surface area contributed by atoms with Crippen molar-refractivity contribution in [2.24, 2.45) is 0 Å². The molecule has 0 amide bonds. The normalized spacial score (nSPS) is 18.2. The maximum atomic E-state index is 11.0. The molecule has 0 aliphatic carbocycles. The number of aromatic nitrogens is 1. The van der Waals surface area contributed by atoms with Crippen LogP contribution in [0.2, 0.25) is 0 Å². The molecule has 1 atom stereocenters. The molecule has 0 spiro atoms. The molecule has 0 bridgehead atoms. The lowest BCUT2D eigenvalue weighted by atomic mass is 10.00. The van der Waals surface area contributed by atoms with E-state index in [4.69, 9.17) is 5.11 Å². The SMILES string of the molecule is Cc1ccncc1C(CC(=O)O)N1CCCC1. The van der Waals surface area contributed by atoms with Crippen molar-refractivity contribution in [3.8, 4) is 0 Å². The number of rotatable bonds is 4. The van der Waals surface area contributed by atoms with Crippen LogP contribution in [-0.2, 0) is 4.79 Å². The number of carboxylic acids is 1. The quantitative estimate of drug-likeness (QED) is 0.865. The highest BCUT2D eigenvalue weighted by Gasteiger charge is 2.26. The maximum Gasteiger partial charge on any atom is 0.305 e. The Bertz CT molecular complexity index is 400. The van der Waals surface area contributed by atoms with Gasteiger partial charge in [0.1, 0.15) is 0 Å². The minimum absolute atomic E-state index is 0.0244. The van der Waals surface area contributed by atoms with Crippen LogP contribution in [0.25, 0.3) is 0 Å².